The molecular formula is C22H27N3. The van der Waals surface area contributed by atoms with E-state index in [9.17, 15) is 0 Å². The molecule has 3 nitrogen and oxygen atoms in total. The van der Waals surface area contributed by atoms with E-state index < -0.39 is 0 Å². The molecule has 0 unspecified atom stereocenters. The van der Waals surface area contributed by atoms with Crippen molar-refractivity contribution in [2.75, 3.05) is 5.43 Å². The van der Waals surface area contributed by atoms with Crippen LogP contribution in [0.1, 0.15) is 33.3 Å². The maximum Gasteiger partial charge on any atom is 0.107 e. The summed E-state index contributed by atoms with van der Waals surface area (Å²) in [4.78, 5) is 0. The molecule has 0 amide bonds. The van der Waals surface area contributed by atoms with E-state index >= 15 is 0 Å². The summed E-state index contributed by atoms with van der Waals surface area (Å²) in [7, 11) is 0. The highest BCUT2D eigenvalue weighted by molar-refractivity contribution is 6.46. The van der Waals surface area contributed by atoms with Gasteiger partial charge in [0.15, 0.2) is 0 Å². The number of rotatable bonds is 5. The number of allylic oxidation sites excluding steroid dienone is 1. The van der Waals surface area contributed by atoms with E-state index in [-0.39, 0.29) is 5.41 Å². The molecular weight excluding hydrogens is 306 g/mol. The lowest BCUT2D eigenvalue weighted by Crippen LogP contribution is -2.23. The van der Waals surface area contributed by atoms with Crippen molar-refractivity contribution in [1.29, 1.82) is 5.41 Å². The molecule has 0 fully saturated rings. The molecule has 0 saturated heterocycles. The van der Waals surface area contributed by atoms with Crippen LogP contribution in [-0.4, -0.2) is 11.4 Å². The fourth-order valence-electron chi connectivity index (χ4n) is 2.34. The third kappa shape index (κ3) is 4.90. The van der Waals surface area contributed by atoms with Gasteiger partial charge in [-0.3, -0.25) is 5.43 Å². The Morgan fingerprint density at radius 3 is 1.88 bits per heavy atom. The van der Waals surface area contributed by atoms with Gasteiger partial charge >= 0.3 is 0 Å². The molecule has 130 valence electrons. The quantitative estimate of drug-likeness (QED) is 0.506. The molecule has 0 bridgehead atoms. The van der Waals surface area contributed by atoms with Gasteiger partial charge in [0.25, 0.3) is 0 Å². The first-order valence-electron chi connectivity index (χ1n) is 8.44. The standard InChI is InChI=1S/C22H27N3/c1-15-7-9-18(10-8-15)19-11-13-20(14-12-19)24-25-21(17(3)23)16(2)22(4,5)6/h7-14,23-24H,2H2,1,3-6H3. The van der Waals surface area contributed by atoms with E-state index in [2.05, 4.69) is 81.2 Å². The first-order valence-corrected chi connectivity index (χ1v) is 8.44. The summed E-state index contributed by atoms with van der Waals surface area (Å²) < 4.78 is 0. The molecule has 0 aliphatic carbocycles. The van der Waals surface area contributed by atoms with Crippen molar-refractivity contribution in [2.45, 2.75) is 34.6 Å². The molecule has 2 N–H and O–H groups in total. The Balaban J connectivity index is 2.18. The minimum absolute atomic E-state index is 0.127. The topological polar surface area (TPSA) is 48.2 Å². The van der Waals surface area contributed by atoms with Crippen LogP contribution in [0.15, 0.2) is 65.8 Å². The van der Waals surface area contributed by atoms with Crippen LogP contribution in [-0.2, 0) is 0 Å². The average molecular weight is 333 g/mol. The molecule has 0 aliphatic heterocycles. The first kappa shape index (κ1) is 18.7. The van der Waals surface area contributed by atoms with Crippen LogP contribution in [0.5, 0.6) is 0 Å². The molecule has 0 atom stereocenters. The van der Waals surface area contributed by atoms with E-state index in [4.69, 9.17) is 5.41 Å². The summed E-state index contributed by atoms with van der Waals surface area (Å²) in [5.74, 6) is 0. The van der Waals surface area contributed by atoms with Crippen LogP contribution in [0.2, 0.25) is 0 Å². The van der Waals surface area contributed by atoms with Gasteiger partial charge in [-0.05, 0) is 48.1 Å². The highest BCUT2D eigenvalue weighted by atomic mass is 15.3. The Morgan fingerprint density at radius 1 is 0.960 bits per heavy atom. The average Bonchev–Trinajstić information content (AvgIpc) is 2.55. The Bertz CT molecular complexity index is 789. The Morgan fingerprint density at radius 2 is 1.44 bits per heavy atom. The number of nitrogens with zero attached hydrogens (tertiary/aromatic N) is 1. The highest BCUT2D eigenvalue weighted by Crippen LogP contribution is 2.26. The van der Waals surface area contributed by atoms with Gasteiger partial charge in [-0.2, -0.15) is 5.10 Å². The summed E-state index contributed by atoms with van der Waals surface area (Å²) in [5, 5.41) is 12.4. The molecule has 3 heteroatoms. The normalized spacial score (nSPS) is 12.0. The maximum atomic E-state index is 7.96. The van der Waals surface area contributed by atoms with Crippen molar-refractivity contribution in [1.82, 2.24) is 0 Å². The number of anilines is 1. The molecule has 2 rings (SSSR count). The SMILES string of the molecule is C=C(C(=NNc1ccc(-c2ccc(C)cc2)cc1)C(C)=N)C(C)(C)C. The van der Waals surface area contributed by atoms with Gasteiger partial charge in [0, 0.05) is 0 Å². The fourth-order valence-corrected chi connectivity index (χ4v) is 2.34. The minimum atomic E-state index is -0.127. The predicted octanol–water partition coefficient (Wildman–Crippen LogP) is 6.07. The van der Waals surface area contributed by atoms with Crippen LogP contribution in [0, 0.1) is 17.7 Å². The van der Waals surface area contributed by atoms with Crippen molar-refractivity contribution in [2.24, 2.45) is 10.5 Å². The van der Waals surface area contributed by atoms with Crippen LogP contribution in [0.3, 0.4) is 0 Å². The third-order valence-electron chi connectivity index (χ3n) is 4.11. The van der Waals surface area contributed by atoms with Crippen molar-refractivity contribution in [3.05, 3.63) is 66.2 Å². The molecule has 2 aromatic carbocycles. The molecule has 0 spiro atoms. The minimum Gasteiger partial charge on any atom is -0.303 e. The number of benzene rings is 2. The first-order chi connectivity index (χ1) is 11.7. The zero-order chi connectivity index (χ0) is 18.6. The van der Waals surface area contributed by atoms with E-state index in [1.807, 2.05) is 12.1 Å². The second-order valence-corrected chi connectivity index (χ2v) is 7.37. The zero-order valence-corrected chi connectivity index (χ0v) is 15.8. The second kappa shape index (κ2) is 7.47. The predicted molar refractivity (Wildman–Crippen MR) is 110 cm³/mol. The monoisotopic (exact) mass is 333 g/mol. The van der Waals surface area contributed by atoms with Crippen molar-refractivity contribution in [3.8, 4) is 11.1 Å². The van der Waals surface area contributed by atoms with Crippen molar-refractivity contribution >= 4 is 17.1 Å². The van der Waals surface area contributed by atoms with Gasteiger partial charge in [0.1, 0.15) is 5.71 Å². The van der Waals surface area contributed by atoms with E-state index in [0.717, 1.165) is 16.8 Å². The number of hydrogen-bond donors (Lipinski definition) is 2. The Hall–Kier alpha value is -2.68. The van der Waals surface area contributed by atoms with Crippen molar-refractivity contribution in [3.63, 3.8) is 0 Å². The molecule has 25 heavy (non-hydrogen) atoms. The Labute approximate surface area is 151 Å². The van der Waals surface area contributed by atoms with Gasteiger partial charge in [0.2, 0.25) is 0 Å². The molecule has 0 heterocycles. The molecule has 0 radical (unpaired) electrons. The summed E-state index contributed by atoms with van der Waals surface area (Å²) in [6, 6.07) is 16.6. The lowest BCUT2D eigenvalue weighted by molar-refractivity contribution is 0.527. The maximum absolute atomic E-state index is 7.96. The fraction of sp³-hybridized carbons (Fsp3) is 0.273. The zero-order valence-electron chi connectivity index (χ0n) is 15.8. The largest absolute Gasteiger partial charge is 0.303 e. The number of hydrogen-bond acceptors (Lipinski definition) is 3. The molecule has 0 aromatic heterocycles. The molecule has 2 aromatic rings. The number of aryl methyl sites for hydroxylation is 1. The van der Waals surface area contributed by atoms with Gasteiger partial charge < -0.3 is 5.41 Å². The molecule has 0 saturated carbocycles. The summed E-state index contributed by atoms with van der Waals surface area (Å²) >= 11 is 0. The highest BCUT2D eigenvalue weighted by Gasteiger charge is 2.21. The van der Waals surface area contributed by atoms with Crippen LogP contribution < -0.4 is 5.43 Å². The van der Waals surface area contributed by atoms with Crippen LogP contribution in [0.4, 0.5) is 5.69 Å². The lowest BCUT2D eigenvalue weighted by atomic mass is 9.83. The molecule has 0 aliphatic rings. The van der Waals surface area contributed by atoms with E-state index in [1.165, 1.54) is 11.1 Å². The van der Waals surface area contributed by atoms with Crippen LogP contribution in [0.25, 0.3) is 11.1 Å². The second-order valence-electron chi connectivity index (χ2n) is 7.37. The summed E-state index contributed by atoms with van der Waals surface area (Å²) in [6.07, 6.45) is 0. The summed E-state index contributed by atoms with van der Waals surface area (Å²) in [6.45, 7) is 14.2. The van der Waals surface area contributed by atoms with Crippen LogP contribution >= 0.6 is 0 Å². The van der Waals surface area contributed by atoms with Gasteiger partial charge in [-0.25, -0.2) is 0 Å². The van der Waals surface area contributed by atoms with Gasteiger partial charge in [-0.15, -0.1) is 0 Å². The summed E-state index contributed by atoms with van der Waals surface area (Å²) in [5.41, 5.74) is 9.29. The van der Waals surface area contributed by atoms with Gasteiger partial charge in [-0.1, -0.05) is 69.3 Å². The third-order valence-corrected chi connectivity index (χ3v) is 4.11. The Kier molecular flexibility index (Phi) is 5.58. The van der Waals surface area contributed by atoms with E-state index in [0.29, 0.717) is 11.4 Å². The lowest BCUT2D eigenvalue weighted by Gasteiger charge is -2.22. The van der Waals surface area contributed by atoms with Gasteiger partial charge in [0.05, 0.1) is 11.4 Å². The smallest absolute Gasteiger partial charge is 0.107 e. The number of nitrogens with one attached hydrogen (secondary N) is 2. The number of hydrazone groups is 1. The van der Waals surface area contributed by atoms with Crippen molar-refractivity contribution < 1.29 is 0 Å². The van der Waals surface area contributed by atoms with E-state index in [1.54, 1.807) is 6.92 Å².